The molecule has 1 aromatic heterocycles. The van der Waals surface area contributed by atoms with Crippen LogP contribution in [0.5, 0.6) is 0 Å². The van der Waals surface area contributed by atoms with Crippen LogP contribution < -0.4 is 15.4 Å². The molecule has 0 amide bonds. The summed E-state index contributed by atoms with van der Waals surface area (Å²) in [7, 11) is 3.98. The molecule has 0 saturated heterocycles. The number of ether oxygens (including phenoxy) is 1. The summed E-state index contributed by atoms with van der Waals surface area (Å²) in [6.45, 7) is 20.6. The molecule has 47 heavy (non-hydrogen) atoms. The number of anilines is 2. The molecular formula is C40H40N4O3. The second-order valence-corrected chi connectivity index (χ2v) is 14.1. The Morgan fingerprint density at radius 3 is 2.26 bits per heavy atom. The van der Waals surface area contributed by atoms with Crippen molar-refractivity contribution < 1.29 is 9.15 Å². The molecule has 0 spiro atoms. The second kappa shape index (κ2) is 11.8. The molecule has 0 atom stereocenters. The van der Waals surface area contributed by atoms with E-state index in [1.54, 1.807) is 24.3 Å². The lowest BCUT2D eigenvalue weighted by atomic mass is 9.69. The third-order valence-electron chi connectivity index (χ3n) is 9.80. The van der Waals surface area contributed by atoms with Gasteiger partial charge < -0.3 is 19.0 Å². The molecular weight excluding hydrogens is 584 g/mol. The number of nitrogens with zero attached hydrogens (tertiary/aromatic N) is 4. The van der Waals surface area contributed by atoms with E-state index in [1.165, 1.54) is 11.3 Å². The highest BCUT2D eigenvalue weighted by Crippen LogP contribution is 2.52. The van der Waals surface area contributed by atoms with E-state index in [-0.39, 0.29) is 16.5 Å². The van der Waals surface area contributed by atoms with Crippen LogP contribution in [0, 0.1) is 24.8 Å². The zero-order valence-electron chi connectivity index (χ0n) is 28.2. The third kappa shape index (κ3) is 5.79. The van der Waals surface area contributed by atoms with Crippen LogP contribution >= 0.6 is 0 Å². The lowest BCUT2D eigenvalue weighted by molar-refractivity contribution is 0.332. The number of hydrogen-bond donors (Lipinski definition) is 0. The van der Waals surface area contributed by atoms with Crippen LogP contribution in [0.3, 0.4) is 0 Å². The lowest BCUT2D eigenvalue weighted by Crippen LogP contribution is -2.44. The molecule has 0 bridgehead atoms. The van der Waals surface area contributed by atoms with Crippen molar-refractivity contribution in [3.05, 3.63) is 127 Å². The number of hydrogen-bond acceptors (Lipinski definition) is 6. The van der Waals surface area contributed by atoms with Crippen molar-refractivity contribution in [2.45, 2.75) is 58.3 Å². The standard InChI is InChI=1S/C40H40N4O3/c1-25-31(38(45)47-37-32(25)23-33-36-35(37)40(4,5)18-20-44(36)19-17-39(33,2)3)16-15-30-22-27(34(24-41)42-6)21-29(46-30)14-11-26-9-12-28(13-10-26)43(7)8/h9-16,21-23H,17-20H2,1-5,7-8H3/b14-11+,16-15+,34-27+. The Hall–Kier alpha value is -5.27. The Morgan fingerprint density at radius 1 is 1.00 bits per heavy atom. The molecule has 4 heterocycles. The lowest BCUT2D eigenvalue weighted by Gasteiger charge is -2.48. The normalized spacial score (nSPS) is 19.0. The molecule has 238 valence electrons. The zero-order valence-corrected chi connectivity index (χ0v) is 28.2. The van der Waals surface area contributed by atoms with Gasteiger partial charge >= 0.3 is 5.63 Å². The Labute approximate surface area is 276 Å². The highest BCUT2D eigenvalue weighted by molar-refractivity contribution is 5.93. The SMILES string of the molecule is [C-]#[N+]/C(C#N)=C1C=C(/C=C/c2ccc(N(C)C)cc2)OC(/C=C/c2c(C)c3cc4c5c(c3oc2=O)C(C)(C)CCN5CCC4(C)C)=C\1. The Kier molecular flexibility index (Phi) is 7.98. The Bertz CT molecular complexity index is 2070. The molecule has 2 aromatic carbocycles. The fourth-order valence-corrected chi connectivity index (χ4v) is 6.80. The van der Waals surface area contributed by atoms with E-state index in [9.17, 15) is 10.1 Å². The molecule has 0 radical (unpaired) electrons. The van der Waals surface area contributed by atoms with Crippen molar-refractivity contribution in [2.75, 3.05) is 37.0 Å². The highest BCUT2D eigenvalue weighted by atomic mass is 16.5. The van der Waals surface area contributed by atoms with Gasteiger partial charge in [0.1, 0.15) is 17.1 Å². The van der Waals surface area contributed by atoms with E-state index in [1.807, 2.05) is 68.4 Å². The van der Waals surface area contributed by atoms with Gasteiger partial charge in [-0.15, -0.1) is 0 Å². The van der Waals surface area contributed by atoms with E-state index in [4.69, 9.17) is 15.7 Å². The van der Waals surface area contributed by atoms with Gasteiger partial charge in [0.15, 0.2) is 0 Å². The van der Waals surface area contributed by atoms with Crippen molar-refractivity contribution in [3.8, 4) is 6.07 Å². The minimum absolute atomic E-state index is 0.00372. The smallest absolute Gasteiger partial charge is 0.343 e. The van der Waals surface area contributed by atoms with E-state index < -0.39 is 5.63 Å². The first-order valence-electron chi connectivity index (χ1n) is 16.0. The molecule has 0 saturated carbocycles. The van der Waals surface area contributed by atoms with Gasteiger partial charge in [-0.3, -0.25) is 0 Å². The van der Waals surface area contributed by atoms with Crippen LogP contribution in [0.2, 0.25) is 0 Å². The quantitative estimate of drug-likeness (QED) is 0.161. The van der Waals surface area contributed by atoms with Gasteiger partial charge in [0.2, 0.25) is 0 Å². The van der Waals surface area contributed by atoms with Crippen LogP contribution in [0.25, 0.3) is 28.0 Å². The zero-order chi connectivity index (χ0) is 33.7. The molecule has 0 unspecified atom stereocenters. The average molecular weight is 625 g/mol. The Morgan fingerprint density at radius 2 is 1.64 bits per heavy atom. The van der Waals surface area contributed by atoms with Crippen LogP contribution in [-0.4, -0.2) is 27.2 Å². The molecule has 3 aliphatic heterocycles. The first-order valence-corrected chi connectivity index (χ1v) is 16.0. The summed E-state index contributed by atoms with van der Waals surface area (Å²) in [5.41, 5.74) is 7.57. The number of nitriles is 1. The first-order chi connectivity index (χ1) is 22.3. The maximum absolute atomic E-state index is 13.6. The molecule has 0 aliphatic carbocycles. The molecule has 3 aliphatic rings. The number of benzene rings is 2. The van der Waals surface area contributed by atoms with E-state index >= 15 is 0 Å². The maximum Gasteiger partial charge on any atom is 0.343 e. The summed E-state index contributed by atoms with van der Waals surface area (Å²) in [6, 6.07) is 12.3. The van der Waals surface area contributed by atoms with Crippen molar-refractivity contribution in [1.29, 1.82) is 5.26 Å². The topological polar surface area (TPSA) is 74.1 Å². The summed E-state index contributed by atoms with van der Waals surface area (Å²) < 4.78 is 12.4. The van der Waals surface area contributed by atoms with E-state index in [0.717, 1.165) is 53.7 Å². The van der Waals surface area contributed by atoms with E-state index in [2.05, 4.69) is 43.5 Å². The van der Waals surface area contributed by atoms with E-state index in [0.29, 0.717) is 28.2 Å². The number of rotatable bonds is 5. The van der Waals surface area contributed by atoms with Gasteiger partial charge in [-0.25, -0.2) is 14.9 Å². The van der Waals surface area contributed by atoms with Crippen LogP contribution in [-0.2, 0) is 15.6 Å². The number of allylic oxidation sites excluding steroid dienone is 6. The summed E-state index contributed by atoms with van der Waals surface area (Å²) in [6.07, 6.45) is 12.5. The second-order valence-electron chi connectivity index (χ2n) is 14.1. The average Bonchev–Trinajstić information content (AvgIpc) is 3.03. The van der Waals surface area contributed by atoms with Gasteiger partial charge in [0.05, 0.1) is 18.2 Å². The van der Waals surface area contributed by atoms with Gasteiger partial charge in [-0.2, -0.15) is 0 Å². The maximum atomic E-state index is 13.6. The summed E-state index contributed by atoms with van der Waals surface area (Å²) in [5.74, 6) is 0.871. The summed E-state index contributed by atoms with van der Waals surface area (Å²) >= 11 is 0. The van der Waals surface area contributed by atoms with Crippen LogP contribution in [0.15, 0.2) is 86.6 Å². The van der Waals surface area contributed by atoms with Crippen molar-refractivity contribution >= 4 is 34.5 Å². The van der Waals surface area contributed by atoms with Crippen molar-refractivity contribution in [1.82, 2.24) is 0 Å². The third-order valence-corrected chi connectivity index (χ3v) is 9.80. The largest absolute Gasteiger partial charge is 0.457 e. The van der Waals surface area contributed by atoms with Crippen LogP contribution in [0.1, 0.15) is 68.4 Å². The van der Waals surface area contributed by atoms with Crippen molar-refractivity contribution in [2.24, 2.45) is 0 Å². The first kappa shape index (κ1) is 31.7. The fourth-order valence-electron chi connectivity index (χ4n) is 6.80. The summed E-state index contributed by atoms with van der Waals surface area (Å²) in [4.78, 5) is 21.6. The molecule has 7 nitrogen and oxygen atoms in total. The Balaban J connectivity index is 1.40. The molecule has 3 aromatic rings. The predicted molar refractivity (Wildman–Crippen MR) is 190 cm³/mol. The predicted octanol–water partition coefficient (Wildman–Crippen LogP) is 8.56. The summed E-state index contributed by atoms with van der Waals surface area (Å²) in [5, 5.41) is 10.6. The minimum Gasteiger partial charge on any atom is -0.457 e. The molecule has 0 N–H and O–H groups in total. The van der Waals surface area contributed by atoms with Crippen molar-refractivity contribution in [3.63, 3.8) is 0 Å². The number of fused-ring (bicyclic) bond motifs is 2. The van der Waals surface area contributed by atoms with Gasteiger partial charge in [-0.1, -0.05) is 45.9 Å². The minimum atomic E-state index is -0.409. The molecule has 7 heteroatoms. The molecule has 0 fully saturated rings. The van der Waals surface area contributed by atoms with Gasteiger partial charge in [0, 0.05) is 49.5 Å². The monoisotopic (exact) mass is 624 g/mol. The fraction of sp³-hybridized carbons (Fsp3) is 0.325. The van der Waals surface area contributed by atoms with Crippen LogP contribution in [0.4, 0.5) is 11.4 Å². The highest BCUT2D eigenvalue weighted by Gasteiger charge is 2.42. The van der Waals surface area contributed by atoms with Gasteiger partial charge in [0.25, 0.3) is 5.70 Å². The van der Waals surface area contributed by atoms with Gasteiger partial charge in [-0.05, 0) is 101 Å². The number of aryl methyl sites for hydroxylation is 1. The molecule has 6 rings (SSSR count).